The zero-order chi connectivity index (χ0) is 16.1. The Balaban J connectivity index is 2.09. The lowest BCUT2D eigenvalue weighted by Crippen LogP contribution is -2.26. The van der Waals surface area contributed by atoms with Crippen LogP contribution in [0.5, 0.6) is 0 Å². The van der Waals surface area contributed by atoms with Crippen LogP contribution in [0.15, 0.2) is 30.3 Å². The maximum absolute atomic E-state index is 12.1. The quantitative estimate of drug-likeness (QED) is 0.854. The van der Waals surface area contributed by atoms with Crippen LogP contribution in [0.4, 0.5) is 0 Å². The third-order valence-electron chi connectivity index (χ3n) is 3.20. The number of ether oxygens (including phenoxy) is 1. The van der Waals surface area contributed by atoms with E-state index in [9.17, 15) is 9.59 Å². The van der Waals surface area contributed by atoms with Gasteiger partial charge in [-0.25, -0.2) is 4.68 Å². The van der Waals surface area contributed by atoms with Gasteiger partial charge in [-0.15, -0.1) is 0 Å². The molecule has 0 spiro atoms. The summed E-state index contributed by atoms with van der Waals surface area (Å²) in [7, 11) is 1.32. The molecule has 116 valence electrons. The molecule has 0 radical (unpaired) electrons. The number of rotatable bonds is 5. The van der Waals surface area contributed by atoms with E-state index in [2.05, 4.69) is 15.2 Å². The summed E-state index contributed by atoms with van der Waals surface area (Å²) < 4.78 is 6.32. The van der Waals surface area contributed by atoms with Gasteiger partial charge in [0.15, 0.2) is 0 Å². The molecule has 0 atom stereocenters. The molecule has 2 aromatic rings. The second kappa shape index (κ2) is 6.89. The first-order chi connectivity index (χ1) is 10.5. The highest BCUT2D eigenvalue weighted by molar-refractivity contribution is 5.94. The Labute approximate surface area is 129 Å². The SMILES string of the molecule is COC(=O)CCNC(=O)c1cccc(-n2nc(C)cc2C)c1. The Bertz CT molecular complexity index is 692. The van der Waals surface area contributed by atoms with Crippen molar-refractivity contribution in [3.05, 3.63) is 47.3 Å². The van der Waals surface area contributed by atoms with E-state index in [0.717, 1.165) is 17.1 Å². The molecule has 22 heavy (non-hydrogen) atoms. The summed E-state index contributed by atoms with van der Waals surface area (Å²) >= 11 is 0. The second-order valence-corrected chi connectivity index (χ2v) is 4.97. The number of amides is 1. The number of methoxy groups -OCH3 is 1. The lowest BCUT2D eigenvalue weighted by molar-refractivity contribution is -0.140. The molecule has 0 saturated carbocycles. The first-order valence-corrected chi connectivity index (χ1v) is 7.00. The summed E-state index contributed by atoms with van der Waals surface area (Å²) in [5.41, 5.74) is 3.27. The molecular formula is C16H19N3O3. The molecule has 0 aliphatic heterocycles. The van der Waals surface area contributed by atoms with E-state index in [4.69, 9.17) is 0 Å². The van der Waals surface area contributed by atoms with Crippen molar-refractivity contribution in [3.8, 4) is 5.69 Å². The summed E-state index contributed by atoms with van der Waals surface area (Å²) in [5, 5.41) is 7.09. The number of nitrogens with zero attached hydrogens (tertiary/aromatic N) is 2. The molecule has 0 fully saturated rings. The Morgan fingerprint density at radius 1 is 1.27 bits per heavy atom. The van der Waals surface area contributed by atoms with Crippen LogP contribution in [0.25, 0.3) is 5.69 Å². The third-order valence-corrected chi connectivity index (χ3v) is 3.20. The van der Waals surface area contributed by atoms with Crippen molar-refractivity contribution >= 4 is 11.9 Å². The van der Waals surface area contributed by atoms with Gasteiger partial charge in [0.25, 0.3) is 5.91 Å². The smallest absolute Gasteiger partial charge is 0.307 e. The van der Waals surface area contributed by atoms with Crippen LogP contribution in [-0.4, -0.2) is 35.3 Å². The fourth-order valence-electron chi connectivity index (χ4n) is 2.15. The van der Waals surface area contributed by atoms with Gasteiger partial charge in [0, 0.05) is 17.8 Å². The molecule has 0 aliphatic rings. The molecular weight excluding hydrogens is 282 g/mol. The first-order valence-electron chi connectivity index (χ1n) is 7.00. The average molecular weight is 301 g/mol. The number of hydrogen-bond acceptors (Lipinski definition) is 4. The van der Waals surface area contributed by atoms with Crippen LogP contribution in [0.2, 0.25) is 0 Å². The van der Waals surface area contributed by atoms with E-state index in [1.54, 1.807) is 22.9 Å². The zero-order valence-electron chi connectivity index (χ0n) is 12.9. The van der Waals surface area contributed by atoms with Crippen LogP contribution in [0, 0.1) is 13.8 Å². The van der Waals surface area contributed by atoms with Gasteiger partial charge in [-0.3, -0.25) is 9.59 Å². The fourth-order valence-corrected chi connectivity index (χ4v) is 2.15. The molecule has 1 aromatic carbocycles. The van der Waals surface area contributed by atoms with E-state index in [-0.39, 0.29) is 24.8 Å². The number of esters is 1. The highest BCUT2D eigenvalue weighted by atomic mass is 16.5. The maximum atomic E-state index is 12.1. The predicted molar refractivity (Wildman–Crippen MR) is 82.0 cm³/mol. The molecule has 1 aromatic heterocycles. The highest BCUT2D eigenvalue weighted by Crippen LogP contribution is 2.13. The van der Waals surface area contributed by atoms with Crippen molar-refractivity contribution in [1.29, 1.82) is 0 Å². The lowest BCUT2D eigenvalue weighted by atomic mass is 10.2. The van der Waals surface area contributed by atoms with Gasteiger partial charge in [0.05, 0.1) is 24.9 Å². The van der Waals surface area contributed by atoms with E-state index in [0.29, 0.717) is 5.56 Å². The predicted octanol–water partition coefficient (Wildman–Crippen LogP) is 1.78. The highest BCUT2D eigenvalue weighted by Gasteiger charge is 2.09. The third kappa shape index (κ3) is 3.72. The Hall–Kier alpha value is -2.63. The van der Waals surface area contributed by atoms with Crippen molar-refractivity contribution in [2.75, 3.05) is 13.7 Å². The minimum atomic E-state index is -0.350. The van der Waals surface area contributed by atoms with E-state index in [1.807, 2.05) is 26.0 Å². The summed E-state index contributed by atoms with van der Waals surface area (Å²) in [4.78, 5) is 23.1. The van der Waals surface area contributed by atoms with Crippen LogP contribution in [0.1, 0.15) is 28.2 Å². The molecule has 0 aliphatic carbocycles. The number of benzene rings is 1. The average Bonchev–Trinajstić information content (AvgIpc) is 2.85. The minimum absolute atomic E-state index is 0.152. The summed E-state index contributed by atoms with van der Waals surface area (Å²) in [6.45, 7) is 4.13. The van der Waals surface area contributed by atoms with Gasteiger partial charge >= 0.3 is 5.97 Å². The molecule has 0 unspecified atom stereocenters. The van der Waals surface area contributed by atoms with E-state index < -0.39 is 0 Å². The van der Waals surface area contributed by atoms with Gasteiger partial charge in [-0.05, 0) is 38.1 Å². The van der Waals surface area contributed by atoms with E-state index in [1.165, 1.54) is 7.11 Å². The van der Waals surface area contributed by atoms with Crippen molar-refractivity contribution in [1.82, 2.24) is 15.1 Å². The molecule has 6 nitrogen and oxygen atoms in total. The number of nitrogens with one attached hydrogen (secondary N) is 1. The van der Waals surface area contributed by atoms with Gasteiger partial charge < -0.3 is 10.1 Å². The van der Waals surface area contributed by atoms with Crippen molar-refractivity contribution in [3.63, 3.8) is 0 Å². The summed E-state index contributed by atoms with van der Waals surface area (Å²) in [6.07, 6.45) is 0.152. The Kier molecular flexibility index (Phi) is 4.93. The van der Waals surface area contributed by atoms with Crippen molar-refractivity contribution < 1.29 is 14.3 Å². The van der Waals surface area contributed by atoms with Crippen molar-refractivity contribution in [2.45, 2.75) is 20.3 Å². The number of hydrogen-bond donors (Lipinski definition) is 1. The van der Waals surface area contributed by atoms with Gasteiger partial charge in [0.1, 0.15) is 0 Å². The van der Waals surface area contributed by atoms with Crippen LogP contribution in [-0.2, 0) is 9.53 Å². The van der Waals surface area contributed by atoms with Crippen LogP contribution in [0.3, 0.4) is 0 Å². The fraction of sp³-hybridized carbons (Fsp3) is 0.312. The summed E-state index contributed by atoms with van der Waals surface area (Å²) in [5.74, 6) is -0.580. The molecule has 1 N–H and O–H groups in total. The molecule has 6 heteroatoms. The number of aromatic nitrogens is 2. The van der Waals surface area contributed by atoms with Crippen LogP contribution >= 0.6 is 0 Å². The van der Waals surface area contributed by atoms with E-state index >= 15 is 0 Å². The second-order valence-electron chi connectivity index (χ2n) is 4.97. The first kappa shape index (κ1) is 15.8. The Morgan fingerprint density at radius 3 is 2.68 bits per heavy atom. The maximum Gasteiger partial charge on any atom is 0.307 e. The number of carbonyl (C=O) groups is 2. The monoisotopic (exact) mass is 301 g/mol. The minimum Gasteiger partial charge on any atom is -0.469 e. The van der Waals surface area contributed by atoms with Crippen LogP contribution < -0.4 is 5.32 Å². The topological polar surface area (TPSA) is 73.2 Å². The van der Waals surface area contributed by atoms with Gasteiger partial charge in [-0.2, -0.15) is 5.10 Å². The molecule has 1 amide bonds. The lowest BCUT2D eigenvalue weighted by Gasteiger charge is -2.08. The molecule has 0 saturated heterocycles. The molecule has 0 bridgehead atoms. The molecule has 1 heterocycles. The normalized spacial score (nSPS) is 10.3. The zero-order valence-corrected chi connectivity index (χ0v) is 12.9. The molecule has 2 rings (SSSR count). The summed E-state index contributed by atoms with van der Waals surface area (Å²) in [6, 6.07) is 9.17. The van der Waals surface area contributed by atoms with Crippen molar-refractivity contribution in [2.24, 2.45) is 0 Å². The standard InChI is InChI=1S/C16H19N3O3/c1-11-9-12(2)19(18-11)14-6-4-5-13(10-14)16(21)17-8-7-15(20)22-3/h4-6,9-10H,7-8H2,1-3H3,(H,17,21). The largest absolute Gasteiger partial charge is 0.469 e. The number of aryl methyl sites for hydroxylation is 2. The number of carbonyl (C=O) groups excluding carboxylic acids is 2. The van der Waals surface area contributed by atoms with Gasteiger partial charge in [-0.1, -0.05) is 6.07 Å². The van der Waals surface area contributed by atoms with Gasteiger partial charge in [0.2, 0.25) is 0 Å². The Morgan fingerprint density at radius 2 is 2.05 bits per heavy atom.